The SMILES string of the molecule is CCC(NC1(OC(=O)C(F)(F)F)NC(=O)C(=Cc2c[nH]c3ncccc23)N1)c1ccccc1. The summed E-state index contributed by atoms with van der Waals surface area (Å²) in [6, 6.07) is 11.8. The number of ether oxygens (including phenoxy) is 1. The topological polar surface area (TPSA) is 108 Å². The van der Waals surface area contributed by atoms with E-state index >= 15 is 0 Å². The molecule has 0 spiro atoms. The van der Waals surface area contributed by atoms with Crippen LogP contribution in [-0.4, -0.2) is 34.0 Å². The van der Waals surface area contributed by atoms with Gasteiger partial charge in [-0.05, 0) is 30.2 Å². The zero-order valence-electron chi connectivity index (χ0n) is 17.4. The van der Waals surface area contributed by atoms with Crippen molar-refractivity contribution in [2.24, 2.45) is 0 Å². The van der Waals surface area contributed by atoms with Gasteiger partial charge in [0.2, 0.25) is 0 Å². The van der Waals surface area contributed by atoms with Crippen LogP contribution in [0.4, 0.5) is 13.2 Å². The molecule has 33 heavy (non-hydrogen) atoms. The van der Waals surface area contributed by atoms with Crippen molar-refractivity contribution in [3.05, 3.63) is 71.7 Å². The van der Waals surface area contributed by atoms with Gasteiger partial charge < -0.3 is 15.0 Å². The lowest BCUT2D eigenvalue weighted by atomic mass is 10.0. The molecule has 1 amide bonds. The molecule has 0 saturated carbocycles. The van der Waals surface area contributed by atoms with Crippen molar-refractivity contribution < 1.29 is 27.5 Å². The fraction of sp³-hybridized carbons (Fsp3) is 0.227. The van der Waals surface area contributed by atoms with Crippen molar-refractivity contribution in [1.82, 2.24) is 25.9 Å². The van der Waals surface area contributed by atoms with Gasteiger partial charge in [0.15, 0.2) is 0 Å². The van der Waals surface area contributed by atoms with E-state index in [4.69, 9.17) is 4.74 Å². The molecule has 1 aliphatic heterocycles. The summed E-state index contributed by atoms with van der Waals surface area (Å²) in [5, 5.41) is 8.45. The first-order valence-electron chi connectivity index (χ1n) is 10.1. The summed E-state index contributed by atoms with van der Waals surface area (Å²) in [6.07, 6.45) is -0.196. The van der Waals surface area contributed by atoms with Crippen molar-refractivity contribution >= 4 is 29.0 Å². The van der Waals surface area contributed by atoms with E-state index in [-0.39, 0.29) is 5.70 Å². The highest BCUT2D eigenvalue weighted by Gasteiger charge is 2.51. The Bertz CT molecular complexity index is 1210. The Morgan fingerprint density at radius 3 is 2.67 bits per heavy atom. The number of amides is 1. The predicted molar refractivity (Wildman–Crippen MR) is 113 cm³/mol. The summed E-state index contributed by atoms with van der Waals surface area (Å²) in [5.74, 6) is -5.52. The van der Waals surface area contributed by atoms with Crippen LogP contribution in [0.25, 0.3) is 17.1 Å². The minimum Gasteiger partial charge on any atom is -0.399 e. The quantitative estimate of drug-likeness (QED) is 0.256. The van der Waals surface area contributed by atoms with Gasteiger partial charge in [-0.3, -0.25) is 10.1 Å². The maximum Gasteiger partial charge on any atom is 0.491 e. The third-order valence-electron chi connectivity index (χ3n) is 5.09. The Hall–Kier alpha value is -3.86. The number of alkyl halides is 3. The van der Waals surface area contributed by atoms with Gasteiger partial charge >= 0.3 is 18.1 Å². The average molecular weight is 459 g/mol. The van der Waals surface area contributed by atoms with Crippen LogP contribution in [0.2, 0.25) is 0 Å². The number of esters is 1. The molecule has 2 atom stereocenters. The molecule has 1 aromatic carbocycles. The van der Waals surface area contributed by atoms with E-state index in [0.717, 1.165) is 5.56 Å². The van der Waals surface area contributed by atoms with Gasteiger partial charge in [0.05, 0.1) is 0 Å². The number of fused-ring (bicyclic) bond motifs is 1. The summed E-state index contributed by atoms with van der Waals surface area (Å²) >= 11 is 0. The second-order valence-electron chi connectivity index (χ2n) is 7.37. The highest BCUT2D eigenvalue weighted by Crippen LogP contribution is 2.27. The smallest absolute Gasteiger partial charge is 0.399 e. The lowest BCUT2D eigenvalue weighted by Crippen LogP contribution is -2.65. The predicted octanol–water partition coefficient (Wildman–Crippen LogP) is 3.08. The van der Waals surface area contributed by atoms with Crippen LogP contribution in [-0.2, 0) is 14.3 Å². The summed E-state index contributed by atoms with van der Waals surface area (Å²) in [4.78, 5) is 31.5. The fourth-order valence-electron chi connectivity index (χ4n) is 3.56. The van der Waals surface area contributed by atoms with Crippen LogP contribution in [0.1, 0.15) is 30.5 Å². The Kier molecular flexibility index (Phi) is 5.81. The molecule has 3 aromatic rings. The van der Waals surface area contributed by atoms with Crippen LogP contribution in [0.15, 0.2) is 60.6 Å². The van der Waals surface area contributed by atoms with Crippen LogP contribution in [0.5, 0.6) is 0 Å². The summed E-state index contributed by atoms with van der Waals surface area (Å²) < 4.78 is 43.8. The molecule has 1 fully saturated rings. The summed E-state index contributed by atoms with van der Waals surface area (Å²) in [6.45, 7) is 1.80. The minimum absolute atomic E-state index is 0.0925. The van der Waals surface area contributed by atoms with E-state index in [0.29, 0.717) is 23.0 Å². The molecule has 8 nitrogen and oxygen atoms in total. The Balaban J connectivity index is 1.69. The largest absolute Gasteiger partial charge is 0.491 e. The molecular weight excluding hydrogens is 439 g/mol. The zero-order valence-corrected chi connectivity index (χ0v) is 17.4. The monoisotopic (exact) mass is 459 g/mol. The number of carbonyl (C=O) groups excluding carboxylic acids is 2. The first-order valence-corrected chi connectivity index (χ1v) is 10.1. The molecule has 0 aliphatic carbocycles. The number of carbonyl (C=O) groups is 2. The third kappa shape index (κ3) is 4.67. The Morgan fingerprint density at radius 2 is 1.97 bits per heavy atom. The van der Waals surface area contributed by atoms with E-state index in [9.17, 15) is 22.8 Å². The second-order valence-corrected chi connectivity index (χ2v) is 7.37. The molecule has 4 rings (SSSR count). The zero-order chi connectivity index (χ0) is 23.6. The first kappa shape index (κ1) is 22.3. The number of halogens is 3. The molecule has 2 unspecified atom stereocenters. The van der Waals surface area contributed by atoms with Crippen LogP contribution in [0.3, 0.4) is 0 Å². The average Bonchev–Trinajstić information content (AvgIpc) is 3.33. The fourth-order valence-corrected chi connectivity index (χ4v) is 3.56. The number of hydrogen-bond acceptors (Lipinski definition) is 6. The van der Waals surface area contributed by atoms with Crippen LogP contribution >= 0.6 is 0 Å². The van der Waals surface area contributed by atoms with Gasteiger partial charge in [-0.25, -0.2) is 15.1 Å². The van der Waals surface area contributed by atoms with Crippen LogP contribution in [0, 0.1) is 0 Å². The maximum atomic E-state index is 13.0. The molecule has 172 valence electrons. The van der Waals surface area contributed by atoms with E-state index in [2.05, 4.69) is 25.9 Å². The lowest BCUT2D eigenvalue weighted by Gasteiger charge is -2.33. The normalized spacial score (nSPS) is 20.5. The number of pyridine rings is 1. The summed E-state index contributed by atoms with van der Waals surface area (Å²) in [5.41, 5.74) is 1.79. The highest BCUT2D eigenvalue weighted by atomic mass is 19.4. The molecule has 11 heteroatoms. The van der Waals surface area contributed by atoms with Crippen LogP contribution < -0.4 is 16.0 Å². The van der Waals surface area contributed by atoms with Crippen molar-refractivity contribution in [2.75, 3.05) is 0 Å². The van der Waals surface area contributed by atoms with Gasteiger partial charge in [0, 0.05) is 29.4 Å². The van der Waals surface area contributed by atoms with Gasteiger partial charge in [-0.1, -0.05) is 37.3 Å². The highest BCUT2D eigenvalue weighted by molar-refractivity contribution is 6.02. The molecule has 4 N–H and O–H groups in total. The van der Waals surface area contributed by atoms with E-state index < -0.39 is 30.1 Å². The third-order valence-corrected chi connectivity index (χ3v) is 5.09. The number of rotatable bonds is 6. The Morgan fingerprint density at radius 1 is 1.21 bits per heavy atom. The van der Waals surface area contributed by atoms with E-state index in [1.54, 1.807) is 61.8 Å². The minimum atomic E-state index is -5.26. The van der Waals surface area contributed by atoms with E-state index in [1.807, 2.05) is 0 Å². The van der Waals surface area contributed by atoms with Gasteiger partial charge in [-0.2, -0.15) is 13.2 Å². The van der Waals surface area contributed by atoms with Crippen molar-refractivity contribution in [2.45, 2.75) is 31.5 Å². The number of aromatic nitrogens is 2. The first-order chi connectivity index (χ1) is 15.7. The molecule has 2 aromatic heterocycles. The maximum absolute atomic E-state index is 13.0. The lowest BCUT2D eigenvalue weighted by molar-refractivity contribution is -0.222. The molecule has 1 aliphatic rings. The van der Waals surface area contributed by atoms with Gasteiger partial charge in [0.1, 0.15) is 11.3 Å². The summed E-state index contributed by atoms with van der Waals surface area (Å²) in [7, 11) is 0. The molecule has 3 heterocycles. The van der Waals surface area contributed by atoms with Gasteiger partial charge in [0.25, 0.3) is 5.91 Å². The number of nitrogens with zero attached hydrogens (tertiary/aromatic N) is 1. The molecular formula is C22H20F3N5O3. The van der Waals surface area contributed by atoms with Gasteiger partial charge in [-0.15, -0.1) is 0 Å². The molecule has 0 bridgehead atoms. The van der Waals surface area contributed by atoms with Crippen molar-refractivity contribution in [1.29, 1.82) is 0 Å². The van der Waals surface area contributed by atoms with E-state index in [1.165, 1.54) is 6.08 Å². The molecule has 1 saturated heterocycles. The standard InChI is InChI=1S/C22H20F3N5O3/c1-2-16(13-7-4-3-5-8-13)28-22(33-20(32)21(23,24)25)29-17(19(31)30-22)11-14-12-27-18-15(14)9-6-10-26-18/h3-12,16,28-29H,2H2,1H3,(H,26,27)(H,30,31). The second kappa shape index (κ2) is 8.58. The van der Waals surface area contributed by atoms with Crippen molar-refractivity contribution in [3.8, 4) is 0 Å². The Labute approximate surface area is 186 Å². The number of benzene rings is 1. The number of aromatic amines is 1. The number of nitrogens with one attached hydrogen (secondary N) is 4. The number of hydrogen-bond donors (Lipinski definition) is 4. The van der Waals surface area contributed by atoms with Crippen molar-refractivity contribution in [3.63, 3.8) is 0 Å². The molecule has 0 radical (unpaired) electrons. The number of H-pyrrole nitrogens is 1.